The maximum atomic E-state index is 13.7. The molecule has 3 atom stereocenters. The fourth-order valence-electron chi connectivity index (χ4n) is 5.22. The van der Waals surface area contributed by atoms with Crippen LogP contribution in [0, 0.1) is 5.92 Å². The van der Waals surface area contributed by atoms with Gasteiger partial charge in [0, 0.05) is 51.3 Å². The molecule has 1 aliphatic carbocycles. The number of ether oxygens (including phenoxy) is 1. The van der Waals surface area contributed by atoms with Crippen molar-refractivity contribution in [1.29, 1.82) is 0 Å². The molecule has 1 amide bonds. The van der Waals surface area contributed by atoms with Crippen LogP contribution in [0.15, 0.2) is 24.3 Å². The Bertz CT molecular complexity index is 975. The summed E-state index contributed by atoms with van der Waals surface area (Å²) in [4.78, 5) is 33.2. The largest absolute Gasteiger partial charge is 0.444 e. The second kappa shape index (κ2) is 12.4. The highest BCUT2D eigenvalue weighted by molar-refractivity contribution is 6.74. The third-order valence-electron chi connectivity index (χ3n) is 8.80. The van der Waals surface area contributed by atoms with Gasteiger partial charge in [-0.1, -0.05) is 45.0 Å². The molecule has 1 saturated heterocycles. The van der Waals surface area contributed by atoms with Crippen LogP contribution in [0.1, 0.15) is 76.7 Å². The van der Waals surface area contributed by atoms with Crippen molar-refractivity contribution in [3.63, 3.8) is 0 Å². The van der Waals surface area contributed by atoms with Gasteiger partial charge in [-0.3, -0.25) is 9.69 Å². The number of carbonyl (C=O) groups excluding carboxylic acids is 2. The van der Waals surface area contributed by atoms with E-state index in [2.05, 4.69) is 62.8 Å². The summed E-state index contributed by atoms with van der Waals surface area (Å²) in [5.74, 6) is 0.0647. The lowest BCUT2D eigenvalue weighted by molar-refractivity contribution is -0.0109. The number of Topliss-reactive ketones (excluding diaryl/α,β-unsaturated/α-hetero) is 1. The van der Waals surface area contributed by atoms with E-state index in [1.165, 1.54) is 5.56 Å². The van der Waals surface area contributed by atoms with Crippen LogP contribution in [0.4, 0.5) is 4.79 Å². The van der Waals surface area contributed by atoms with Crippen LogP contribution in [0.3, 0.4) is 0 Å². The van der Waals surface area contributed by atoms with Crippen molar-refractivity contribution in [2.24, 2.45) is 5.92 Å². The van der Waals surface area contributed by atoms with Crippen LogP contribution in [0.25, 0.3) is 0 Å². The monoisotopic (exact) mass is 559 g/mol. The van der Waals surface area contributed by atoms with Crippen molar-refractivity contribution < 1.29 is 18.8 Å². The summed E-state index contributed by atoms with van der Waals surface area (Å²) in [6.07, 6.45) is 1.52. The molecule has 39 heavy (non-hydrogen) atoms. The summed E-state index contributed by atoms with van der Waals surface area (Å²) in [6.45, 7) is 22.1. The van der Waals surface area contributed by atoms with Crippen molar-refractivity contribution in [2.75, 3.05) is 40.3 Å². The number of amides is 1. The molecule has 0 radical (unpaired) electrons. The number of nitrogens with zero attached hydrogens (tertiary/aromatic N) is 3. The zero-order chi connectivity index (χ0) is 29.2. The van der Waals surface area contributed by atoms with E-state index in [0.29, 0.717) is 12.8 Å². The normalized spacial score (nSPS) is 23.9. The second-order valence-electron chi connectivity index (χ2n) is 14.2. The van der Waals surface area contributed by atoms with Gasteiger partial charge >= 0.3 is 6.09 Å². The molecule has 1 saturated carbocycles. The van der Waals surface area contributed by atoms with E-state index >= 15 is 0 Å². The van der Waals surface area contributed by atoms with Crippen LogP contribution in [-0.2, 0) is 15.7 Å². The van der Waals surface area contributed by atoms with E-state index in [9.17, 15) is 9.59 Å². The van der Waals surface area contributed by atoms with Crippen LogP contribution in [-0.4, -0.2) is 92.9 Å². The van der Waals surface area contributed by atoms with Gasteiger partial charge in [0.15, 0.2) is 14.1 Å². The minimum absolute atomic E-state index is 0.0264. The van der Waals surface area contributed by atoms with Gasteiger partial charge in [0.2, 0.25) is 0 Å². The van der Waals surface area contributed by atoms with E-state index < -0.39 is 13.9 Å². The number of rotatable bonds is 7. The number of likely N-dealkylation sites (N-methyl/N-ethyl adjacent to an activating group) is 2. The van der Waals surface area contributed by atoms with Gasteiger partial charge in [-0.05, 0) is 70.8 Å². The van der Waals surface area contributed by atoms with Crippen LogP contribution >= 0.6 is 0 Å². The molecular formula is C31H53N3O4Si. The molecule has 1 aromatic rings. The zero-order valence-corrected chi connectivity index (χ0v) is 27.2. The van der Waals surface area contributed by atoms with Crippen LogP contribution in [0.5, 0.6) is 0 Å². The predicted molar refractivity (Wildman–Crippen MR) is 161 cm³/mol. The topological polar surface area (TPSA) is 62.3 Å². The molecule has 3 rings (SSSR count). The van der Waals surface area contributed by atoms with Gasteiger partial charge in [-0.25, -0.2) is 4.79 Å². The van der Waals surface area contributed by atoms with E-state index in [0.717, 1.165) is 44.7 Å². The van der Waals surface area contributed by atoms with Crippen molar-refractivity contribution in [3.05, 3.63) is 35.4 Å². The van der Waals surface area contributed by atoms with Gasteiger partial charge in [0.1, 0.15) is 5.60 Å². The number of piperazine rings is 1. The third-order valence-corrected chi connectivity index (χ3v) is 13.3. The number of benzene rings is 1. The summed E-state index contributed by atoms with van der Waals surface area (Å²) in [5, 5.41) is 0.0264. The zero-order valence-electron chi connectivity index (χ0n) is 26.2. The Kier molecular flexibility index (Phi) is 10.1. The van der Waals surface area contributed by atoms with Gasteiger partial charge in [-0.15, -0.1) is 0 Å². The van der Waals surface area contributed by atoms with Gasteiger partial charge < -0.3 is 19.0 Å². The van der Waals surface area contributed by atoms with Gasteiger partial charge in [0.05, 0.1) is 12.1 Å². The maximum Gasteiger partial charge on any atom is 0.410 e. The Morgan fingerprint density at radius 3 is 2.10 bits per heavy atom. The Labute approximate surface area is 238 Å². The first-order valence-electron chi connectivity index (χ1n) is 14.6. The van der Waals surface area contributed by atoms with Gasteiger partial charge in [-0.2, -0.15) is 0 Å². The smallest absolute Gasteiger partial charge is 0.410 e. The number of hydrogen-bond acceptors (Lipinski definition) is 6. The molecule has 8 heteroatoms. The van der Waals surface area contributed by atoms with Crippen molar-refractivity contribution >= 4 is 20.2 Å². The Balaban J connectivity index is 1.73. The summed E-state index contributed by atoms with van der Waals surface area (Å²) >= 11 is 0. The van der Waals surface area contributed by atoms with Crippen molar-refractivity contribution in [3.8, 4) is 0 Å². The molecule has 1 aliphatic heterocycles. The minimum Gasteiger partial charge on any atom is -0.444 e. The summed E-state index contributed by atoms with van der Waals surface area (Å²) in [5.41, 5.74) is 1.45. The quantitative estimate of drug-likeness (QED) is 0.300. The van der Waals surface area contributed by atoms with Crippen LogP contribution < -0.4 is 0 Å². The number of carbonyl (C=O) groups is 2. The highest BCUT2D eigenvalue weighted by Gasteiger charge is 2.45. The van der Waals surface area contributed by atoms with Crippen molar-refractivity contribution in [1.82, 2.24) is 14.7 Å². The molecule has 0 unspecified atom stereocenters. The van der Waals surface area contributed by atoms with Crippen molar-refractivity contribution in [2.45, 2.75) is 103 Å². The molecule has 0 N–H and O–H groups in total. The highest BCUT2D eigenvalue weighted by atomic mass is 28.4. The second-order valence-corrected chi connectivity index (χ2v) is 19.0. The average Bonchev–Trinajstić information content (AvgIpc) is 2.83. The molecule has 220 valence electrons. The third kappa shape index (κ3) is 8.62. The van der Waals surface area contributed by atoms with E-state index in [1.807, 2.05) is 40.0 Å². The maximum absolute atomic E-state index is 13.7. The summed E-state index contributed by atoms with van der Waals surface area (Å²) in [6, 6.07) is 8.09. The first-order valence-corrected chi connectivity index (χ1v) is 17.6. The summed E-state index contributed by atoms with van der Waals surface area (Å²) in [7, 11) is 1.84. The molecule has 0 bridgehead atoms. The average molecular weight is 560 g/mol. The molecule has 0 aromatic heterocycles. The molecule has 2 fully saturated rings. The lowest BCUT2D eigenvalue weighted by atomic mass is 9.79. The highest BCUT2D eigenvalue weighted by Crippen LogP contribution is 2.41. The molecule has 1 aromatic carbocycles. The Morgan fingerprint density at radius 2 is 1.56 bits per heavy atom. The van der Waals surface area contributed by atoms with E-state index in [1.54, 1.807) is 4.90 Å². The Hall–Kier alpha value is -1.74. The number of ketones is 1. The predicted octanol–water partition coefficient (Wildman–Crippen LogP) is 6.04. The fourth-order valence-corrected chi connectivity index (χ4v) is 6.58. The number of hydrogen-bond donors (Lipinski definition) is 0. The first kappa shape index (κ1) is 31.8. The Morgan fingerprint density at radius 1 is 0.974 bits per heavy atom. The minimum atomic E-state index is -2.14. The molecule has 7 nitrogen and oxygen atoms in total. The molecular weight excluding hydrogens is 506 g/mol. The lowest BCUT2D eigenvalue weighted by Crippen LogP contribution is -2.55. The lowest BCUT2D eigenvalue weighted by Gasteiger charge is -2.46. The van der Waals surface area contributed by atoms with Crippen LogP contribution in [0.2, 0.25) is 18.1 Å². The van der Waals surface area contributed by atoms with Gasteiger partial charge in [0.25, 0.3) is 0 Å². The summed E-state index contributed by atoms with van der Waals surface area (Å²) < 4.78 is 12.6. The SMILES string of the molecule is CN1CCN(Cc2ccc(C(=O)[C@H]3CC[C@@H](N(C)C(=O)OC(C)(C)C)[C@H](O[Si](C)(C)C(C)(C)C)C3)cc2)CC1. The molecule has 2 aliphatic rings. The molecule has 0 spiro atoms. The standard InChI is InChI=1S/C31H53N3O4Si/c1-30(2,3)37-29(36)33(8)26-16-15-25(21-27(26)38-39(9,10)31(4,5)6)28(35)24-13-11-23(12-14-24)22-34-19-17-32(7)18-20-34/h11-14,25-27H,15-22H2,1-10H3/t25-,26+,27+/m0/s1. The van der Waals surface area contributed by atoms with E-state index in [4.69, 9.17) is 9.16 Å². The fraction of sp³-hybridized carbons (Fsp3) is 0.742. The first-order chi connectivity index (χ1) is 18.0. The van der Waals surface area contributed by atoms with E-state index in [-0.39, 0.29) is 35.0 Å². The molecule has 1 heterocycles.